The molecule has 0 unspecified atom stereocenters. The molecule has 3 aliphatic rings. The van der Waals surface area contributed by atoms with Gasteiger partial charge < -0.3 is 9.80 Å². The number of hydrogen-bond acceptors (Lipinski definition) is 7. The van der Waals surface area contributed by atoms with Gasteiger partial charge in [-0.15, -0.1) is 0 Å². The molecule has 0 N–H and O–H groups in total. The molecule has 9 nitrogen and oxygen atoms in total. The minimum absolute atomic E-state index is 0.0950. The molecule has 0 bridgehead atoms. The van der Waals surface area contributed by atoms with Crippen LogP contribution in [0.2, 0.25) is 0 Å². The molecule has 1 aromatic carbocycles. The van der Waals surface area contributed by atoms with E-state index in [0.29, 0.717) is 44.7 Å². The SMILES string of the molecule is O=C1[C@H]2CC=CC[C@@H]2C(=O)N1c1ccc(N2CCN(c3ccccn3)CC2)c([N+](=O)[O-])c1. The third-order valence-electron chi connectivity index (χ3n) is 6.52. The number of rotatable bonds is 4. The molecule has 2 fully saturated rings. The maximum absolute atomic E-state index is 12.9. The molecule has 2 aliphatic heterocycles. The van der Waals surface area contributed by atoms with Gasteiger partial charge in [-0.1, -0.05) is 18.2 Å². The van der Waals surface area contributed by atoms with Gasteiger partial charge >= 0.3 is 0 Å². The zero-order valence-electron chi connectivity index (χ0n) is 17.5. The Hall–Kier alpha value is -3.75. The van der Waals surface area contributed by atoms with E-state index in [-0.39, 0.29) is 35.0 Å². The maximum Gasteiger partial charge on any atom is 0.294 e. The number of amides is 2. The zero-order chi connectivity index (χ0) is 22.2. The largest absolute Gasteiger partial charge is 0.362 e. The van der Waals surface area contributed by atoms with Gasteiger partial charge in [-0.2, -0.15) is 0 Å². The lowest BCUT2D eigenvalue weighted by atomic mass is 9.85. The number of allylic oxidation sites excluding steroid dienone is 2. The third kappa shape index (κ3) is 3.39. The monoisotopic (exact) mass is 433 g/mol. The van der Waals surface area contributed by atoms with E-state index in [1.165, 1.54) is 6.07 Å². The van der Waals surface area contributed by atoms with Gasteiger partial charge in [0.15, 0.2) is 0 Å². The Morgan fingerprint density at radius 2 is 1.56 bits per heavy atom. The van der Waals surface area contributed by atoms with E-state index in [2.05, 4.69) is 9.88 Å². The van der Waals surface area contributed by atoms with Crippen molar-refractivity contribution in [3.8, 4) is 0 Å². The first-order valence-electron chi connectivity index (χ1n) is 10.8. The number of piperazine rings is 1. The Bertz CT molecular complexity index is 1070. The fourth-order valence-electron chi connectivity index (χ4n) is 4.84. The molecule has 1 aliphatic carbocycles. The number of carbonyl (C=O) groups excluding carboxylic acids is 2. The van der Waals surface area contributed by atoms with E-state index in [1.807, 2.05) is 35.3 Å². The van der Waals surface area contributed by atoms with Crippen molar-refractivity contribution in [3.05, 3.63) is 64.9 Å². The number of anilines is 3. The second-order valence-corrected chi connectivity index (χ2v) is 8.26. The van der Waals surface area contributed by atoms with Crippen molar-refractivity contribution in [1.29, 1.82) is 0 Å². The average molecular weight is 433 g/mol. The Morgan fingerprint density at radius 1 is 0.906 bits per heavy atom. The van der Waals surface area contributed by atoms with Crippen LogP contribution in [0.5, 0.6) is 0 Å². The lowest BCUT2D eigenvalue weighted by Gasteiger charge is -2.36. The molecule has 0 saturated carbocycles. The van der Waals surface area contributed by atoms with Crippen molar-refractivity contribution >= 4 is 34.7 Å². The molecule has 0 spiro atoms. The summed E-state index contributed by atoms with van der Waals surface area (Å²) in [4.78, 5) is 46.8. The topological polar surface area (TPSA) is 99.9 Å². The minimum Gasteiger partial charge on any atom is -0.362 e. The third-order valence-corrected chi connectivity index (χ3v) is 6.52. The number of carbonyl (C=O) groups is 2. The van der Waals surface area contributed by atoms with E-state index >= 15 is 0 Å². The lowest BCUT2D eigenvalue weighted by molar-refractivity contribution is -0.384. The Morgan fingerprint density at radius 3 is 2.16 bits per heavy atom. The normalized spacial score (nSPS) is 22.9. The molecule has 2 saturated heterocycles. The van der Waals surface area contributed by atoms with Crippen molar-refractivity contribution in [2.75, 3.05) is 40.9 Å². The van der Waals surface area contributed by atoms with Crippen LogP contribution < -0.4 is 14.7 Å². The van der Waals surface area contributed by atoms with Crippen molar-refractivity contribution in [2.24, 2.45) is 11.8 Å². The van der Waals surface area contributed by atoms with Crippen LogP contribution >= 0.6 is 0 Å². The highest BCUT2D eigenvalue weighted by atomic mass is 16.6. The predicted molar refractivity (Wildman–Crippen MR) is 120 cm³/mol. The predicted octanol–water partition coefficient (Wildman–Crippen LogP) is 2.77. The van der Waals surface area contributed by atoms with Crippen molar-refractivity contribution in [1.82, 2.24) is 4.98 Å². The molecule has 32 heavy (non-hydrogen) atoms. The van der Waals surface area contributed by atoms with Gasteiger partial charge in [0.2, 0.25) is 11.8 Å². The number of benzene rings is 1. The minimum atomic E-state index is -0.441. The number of fused-ring (bicyclic) bond motifs is 1. The van der Waals surface area contributed by atoms with Crippen molar-refractivity contribution in [2.45, 2.75) is 12.8 Å². The first kappa shape index (κ1) is 20.2. The van der Waals surface area contributed by atoms with Gasteiger partial charge in [0, 0.05) is 38.4 Å². The molecular weight excluding hydrogens is 410 g/mol. The summed E-state index contributed by atoms with van der Waals surface area (Å²) >= 11 is 0. The molecule has 2 amide bonds. The fraction of sp³-hybridized carbons (Fsp3) is 0.348. The second kappa shape index (κ2) is 8.07. The van der Waals surface area contributed by atoms with Crippen LogP contribution in [0.4, 0.5) is 22.9 Å². The van der Waals surface area contributed by atoms with E-state index < -0.39 is 4.92 Å². The number of hydrogen-bond donors (Lipinski definition) is 0. The number of nitro groups is 1. The molecule has 0 radical (unpaired) electrons. The van der Waals surface area contributed by atoms with Gasteiger partial charge in [0.05, 0.1) is 22.4 Å². The average Bonchev–Trinajstić information content (AvgIpc) is 3.09. The zero-order valence-corrected chi connectivity index (χ0v) is 17.5. The number of nitro benzene ring substituents is 1. The Balaban J connectivity index is 1.38. The number of imide groups is 1. The fourth-order valence-corrected chi connectivity index (χ4v) is 4.84. The highest BCUT2D eigenvalue weighted by molar-refractivity contribution is 6.22. The van der Waals surface area contributed by atoms with Crippen LogP contribution in [0.3, 0.4) is 0 Å². The summed E-state index contributed by atoms with van der Waals surface area (Å²) in [5.74, 6) is -0.387. The van der Waals surface area contributed by atoms with Crippen LogP contribution in [-0.2, 0) is 9.59 Å². The Kier molecular flexibility index (Phi) is 5.08. The smallest absolute Gasteiger partial charge is 0.294 e. The van der Waals surface area contributed by atoms with E-state index in [9.17, 15) is 19.7 Å². The summed E-state index contributed by atoms with van der Waals surface area (Å²) in [5.41, 5.74) is 0.678. The molecule has 9 heteroatoms. The number of nitrogens with zero attached hydrogens (tertiary/aromatic N) is 5. The Labute approximate surface area is 185 Å². The molecule has 3 heterocycles. The van der Waals surface area contributed by atoms with Gasteiger partial charge in [-0.05, 0) is 37.1 Å². The van der Waals surface area contributed by atoms with Crippen LogP contribution in [0, 0.1) is 22.0 Å². The molecule has 5 rings (SSSR count). The van der Waals surface area contributed by atoms with Crippen LogP contribution in [0.25, 0.3) is 0 Å². The van der Waals surface area contributed by atoms with E-state index in [0.717, 1.165) is 10.7 Å². The highest BCUT2D eigenvalue weighted by Gasteiger charge is 2.48. The molecule has 2 aromatic rings. The summed E-state index contributed by atoms with van der Waals surface area (Å²) in [6, 6.07) is 10.4. The summed E-state index contributed by atoms with van der Waals surface area (Å²) in [6.07, 6.45) is 6.66. The van der Waals surface area contributed by atoms with Gasteiger partial charge in [0.1, 0.15) is 11.5 Å². The molecule has 1 aromatic heterocycles. The van der Waals surface area contributed by atoms with Gasteiger partial charge in [0.25, 0.3) is 5.69 Å². The summed E-state index contributed by atoms with van der Waals surface area (Å²) in [7, 11) is 0. The summed E-state index contributed by atoms with van der Waals surface area (Å²) in [5, 5.41) is 11.9. The van der Waals surface area contributed by atoms with Crippen molar-refractivity contribution < 1.29 is 14.5 Å². The summed E-state index contributed by atoms with van der Waals surface area (Å²) < 4.78 is 0. The van der Waals surface area contributed by atoms with Gasteiger partial charge in [-0.3, -0.25) is 19.7 Å². The molecular formula is C23H23N5O4. The van der Waals surface area contributed by atoms with Crippen LogP contribution in [0.15, 0.2) is 54.7 Å². The first-order chi connectivity index (χ1) is 15.5. The lowest BCUT2D eigenvalue weighted by Crippen LogP contribution is -2.47. The molecule has 164 valence electrons. The molecule has 2 atom stereocenters. The quantitative estimate of drug-likeness (QED) is 0.316. The number of pyridine rings is 1. The second-order valence-electron chi connectivity index (χ2n) is 8.26. The van der Waals surface area contributed by atoms with Gasteiger partial charge in [-0.25, -0.2) is 9.88 Å². The summed E-state index contributed by atoms with van der Waals surface area (Å²) in [6.45, 7) is 2.59. The standard InChI is InChI=1S/C23H23N5O4/c29-22-17-5-1-2-6-18(17)23(30)27(22)16-8-9-19(20(15-16)28(31)32)25-11-13-26(14-12-25)21-7-3-4-10-24-21/h1-4,7-10,15,17-18H,5-6,11-14H2/t17-,18-/m0/s1. The van der Waals surface area contributed by atoms with Crippen molar-refractivity contribution in [3.63, 3.8) is 0 Å². The maximum atomic E-state index is 12.9. The van der Waals surface area contributed by atoms with Crippen LogP contribution in [0.1, 0.15) is 12.8 Å². The van der Waals surface area contributed by atoms with E-state index in [1.54, 1.807) is 18.3 Å². The van der Waals surface area contributed by atoms with Crippen LogP contribution in [-0.4, -0.2) is 47.9 Å². The highest BCUT2D eigenvalue weighted by Crippen LogP contribution is 2.40. The first-order valence-corrected chi connectivity index (χ1v) is 10.8. The van der Waals surface area contributed by atoms with E-state index in [4.69, 9.17) is 0 Å². The number of aromatic nitrogens is 1.